The highest BCUT2D eigenvalue weighted by Gasteiger charge is 2.23. The molecule has 0 radical (unpaired) electrons. The van der Waals surface area contributed by atoms with Gasteiger partial charge >= 0.3 is 0 Å². The van der Waals surface area contributed by atoms with Crippen molar-refractivity contribution >= 4 is 46.6 Å². The molecular formula is C29H25ClN2O3S. The molecule has 4 aromatic carbocycles. The van der Waals surface area contributed by atoms with Crippen LogP contribution in [0.15, 0.2) is 102 Å². The minimum atomic E-state index is -0.517. The number of hydrogen-bond donors (Lipinski definition) is 2. The molecule has 2 N–H and O–H groups in total. The first-order valence-corrected chi connectivity index (χ1v) is 12.5. The number of halogens is 1. The third kappa shape index (κ3) is 6.47. The average molecular weight is 517 g/mol. The van der Waals surface area contributed by atoms with Crippen molar-refractivity contribution in [3.05, 3.63) is 119 Å². The van der Waals surface area contributed by atoms with Crippen LogP contribution in [0, 0.1) is 6.92 Å². The number of nitrogens with one attached hydrogen (secondary N) is 2. The molecule has 0 fully saturated rings. The molecule has 4 aromatic rings. The van der Waals surface area contributed by atoms with E-state index in [-0.39, 0.29) is 11.8 Å². The van der Waals surface area contributed by atoms with Gasteiger partial charge in [0.2, 0.25) is 5.91 Å². The number of benzene rings is 4. The topological polar surface area (TPSA) is 67.4 Å². The number of anilines is 2. The van der Waals surface area contributed by atoms with Crippen LogP contribution in [0.1, 0.15) is 26.7 Å². The average Bonchev–Trinajstić information content (AvgIpc) is 2.90. The summed E-state index contributed by atoms with van der Waals surface area (Å²) < 4.78 is 5.15. The van der Waals surface area contributed by atoms with Crippen molar-refractivity contribution < 1.29 is 14.3 Å². The molecule has 182 valence electrons. The molecule has 0 aromatic heterocycles. The fourth-order valence-corrected chi connectivity index (χ4v) is 4.81. The predicted molar refractivity (Wildman–Crippen MR) is 147 cm³/mol. The number of carbonyl (C=O) groups excluding carboxylic acids is 2. The highest BCUT2D eigenvalue weighted by Crippen LogP contribution is 2.37. The molecule has 2 amide bonds. The molecule has 0 aliphatic heterocycles. The molecule has 5 nitrogen and oxygen atoms in total. The van der Waals surface area contributed by atoms with E-state index in [1.165, 1.54) is 11.8 Å². The zero-order valence-electron chi connectivity index (χ0n) is 19.8. The van der Waals surface area contributed by atoms with Crippen LogP contribution < -0.4 is 15.4 Å². The number of carbonyl (C=O) groups is 2. The highest BCUT2D eigenvalue weighted by molar-refractivity contribution is 8.00. The zero-order chi connectivity index (χ0) is 25.5. The zero-order valence-corrected chi connectivity index (χ0v) is 21.4. The normalized spacial score (nSPS) is 11.4. The summed E-state index contributed by atoms with van der Waals surface area (Å²) in [5, 5.41) is 5.99. The van der Waals surface area contributed by atoms with Gasteiger partial charge < -0.3 is 15.4 Å². The van der Waals surface area contributed by atoms with Gasteiger partial charge in [-0.1, -0.05) is 54.1 Å². The second-order valence-electron chi connectivity index (χ2n) is 8.07. The maximum absolute atomic E-state index is 13.4. The third-order valence-corrected chi connectivity index (χ3v) is 6.98. The number of aryl methyl sites for hydroxylation is 1. The van der Waals surface area contributed by atoms with Gasteiger partial charge in [-0.05, 0) is 72.6 Å². The first-order valence-electron chi connectivity index (χ1n) is 11.3. The summed E-state index contributed by atoms with van der Waals surface area (Å²) in [5.74, 6) is 0.293. The number of thioether (sulfide) groups is 1. The van der Waals surface area contributed by atoms with Gasteiger partial charge in [0, 0.05) is 26.9 Å². The molecular weight excluding hydrogens is 492 g/mol. The number of hydrogen-bond acceptors (Lipinski definition) is 4. The maximum atomic E-state index is 13.4. The lowest BCUT2D eigenvalue weighted by molar-refractivity contribution is -0.115. The Bertz CT molecular complexity index is 1360. The van der Waals surface area contributed by atoms with Crippen molar-refractivity contribution in [2.24, 2.45) is 0 Å². The monoisotopic (exact) mass is 516 g/mol. The van der Waals surface area contributed by atoms with Crippen LogP contribution >= 0.6 is 23.4 Å². The first-order chi connectivity index (χ1) is 17.4. The summed E-state index contributed by atoms with van der Waals surface area (Å²) in [6.45, 7) is 1.92. The van der Waals surface area contributed by atoms with E-state index in [0.29, 0.717) is 27.7 Å². The summed E-state index contributed by atoms with van der Waals surface area (Å²) in [6, 6.07) is 29.4. The van der Waals surface area contributed by atoms with Crippen LogP contribution in [0.2, 0.25) is 5.02 Å². The predicted octanol–water partition coefficient (Wildman–Crippen LogP) is 7.38. The fourth-order valence-electron chi connectivity index (χ4n) is 3.56. The number of amides is 2. The smallest absolute Gasteiger partial charge is 0.255 e. The maximum Gasteiger partial charge on any atom is 0.255 e. The molecule has 0 bridgehead atoms. The molecule has 0 spiro atoms. The van der Waals surface area contributed by atoms with Crippen LogP contribution in [-0.2, 0) is 4.79 Å². The van der Waals surface area contributed by atoms with E-state index < -0.39 is 5.25 Å². The molecule has 1 atom stereocenters. The summed E-state index contributed by atoms with van der Waals surface area (Å²) in [6.07, 6.45) is 0. The van der Waals surface area contributed by atoms with Crippen molar-refractivity contribution in [3.8, 4) is 5.75 Å². The van der Waals surface area contributed by atoms with Crippen molar-refractivity contribution in [2.45, 2.75) is 17.1 Å². The van der Waals surface area contributed by atoms with E-state index in [0.717, 1.165) is 16.0 Å². The molecule has 0 aliphatic rings. The number of ether oxygens (including phenoxy) is 1. The van der Waals surface area contributed by atoms with E-state index in [1.54, 1.807) is 43.5 Å². The van der Waals surface area contributed by atoms with Crippen molar-refractivity contribution in [2.75, 3.05) is 17.7 Å². The lowest BCUT2D eigenvalue weighted by Gasteiger charge is -2.18. The number of methoxy groups -OCH3 is 1. The van der Waals surface area contributed by atoms with Gasteiger partial charge in [-0.2, -0.15) is 0 Å². The molecule has 0 saturated heterocycles. The van der Waals surface area contributed by atoms with Crippen molar-refractivity contribution in [1.29, 1.82) is 0 Å². The molecule has 0 aliphatic carbocycles. The Balaban J connectivity index is 1.54. The summed E-state index contributed by atoms with van der Waals surface area (Å²) in [7, 11) is 1.58. The van der Waals surface area contributed by atoms with Crippen LogP contribution in [0.3, 0.4) is 0 Å². The Labute approximate surface area is 219 Å². The van der Waals surface area contributed by atoms with Crippen molar-refractivity contribution in [1.82, 2.24) is 0 Å². The van der Waals surface area contributed by atoms with Crippen LogP contribution in [0.5, 0.6) is 5.75 Å². The van der Waals surface area contributed by atoms with Gasteiger partial charge in [0.25, 0.3) is 5.91 Å². The second kappa shape index (κ2) is 11.8. The molecule has 0 heterocycles. The minimum absolute atomic E-state index is 0.163. The third-order valence-electron chi connectivity index (χ3n) is 5.50. The Hall–Kier alpha value is -3.74. The standard InChI is InChI=1S/C29H25ClN2O3S/c1-19-11-14-22(30)17-26(19)32-29(34)27(20-7-4-3-5-8-20)36-25-10-6-9-23(18-25)31-28(33)21-12-15-24(35-2)16-13-21/h3-18,27H,1-2H3,(H,31,33)(H,32,34). The van der Waals surface area contributed by atoms with Crippen LogP contribution in [0.25, 0.3) is 0 Å². The van der Waals surface area contributed by atoms with Gasteiger partial charge in [0.1, 0.15) is 11.0 Å². The SMILES string of the molecule is COc1ccc(C(=O)Nc2cccc(SC(C(=O)Nc3cc(Cl)ccc3C)c3ccccc3)c2)cc1. The van der Waals surface area contributed by atoms with Crippen LogP contribution in [0.4, 0.5) is 11.4 Å². The molecule has 36 heavy (non-hydrogen) atoms. The van der Waals surface area contributed by atoms with Gasteiger partial charge in [-0.3, -0.25) is 9.59 Å². The largest absolute Gasteiger partial charge is 0.497 e. The quantitative estimate of drug-likeness (QED) is 0.240. The fraction of sp³-hybridized carbons (Fsp3) is 0.103. The minimum Gasteiger partial charge on any atom is -0.497 e. The molecule has 1 unspecified atom stereocenters. The second-order valence-corrected chi connectivity index (χ2v) is 9.68. The molecule has 0 saturated carbocycles. The van der Waals surface area contributed by atoms with Gasteiger partial charge in [-0.15, -0.1) is 11.8 Å². The lowest BCUT2D eigenvalue weighted by atomic mass is 10.1. The van der Waals surface area contributed by atoms with E-state index in [9.17, 15) is 9.59 Å². The Morgan fingerprint density at radius 3 is 2.33 bits per heavy atom. The first kappa shape index (κ1) is 25.4. The van der Waals surface area contributed by atoms with E-state index in [1.807, 2.05) is 67.6 Å². The lowest BCUT2D eigenvalue weighted by Crippen LogP contribution is -2.19. The highest BCUT2D eigenvalue weighted by atomic mass is 35.5. The van der Waals surface area contributed by atoms with Gasteiger partial charge in [0.05, 0.1) is 7.11 Å². The summed E-state index contributed by atoms with van der Waals surface area (Å²) in [4.78, 5) is 27.0. The van der Waals surface area contributed by atoms with E-state index in [2.05, 4.69) is 10.6 Å². The molecule has 4 rings (SSSR count). The Morgan fingerprint density at radius 2 is 1.61 bits per heavy atom. The van der Waals surface area contributed by atoms with E-state index in [4.69, 9.17) is 16.3 Å². The van der Waals surface area contributed by atoms with Gasteiger partial charge in [0.15, 0.2) is 0 Å². The number of rotatable bonds is 8. The van der Waals surface area contributed by atoms with E-state index >= 15 is 0 Å². The Kier molecular flexibility index (Phi) is 8.31. The van der Waals surface area contributed by atoms with Crippen molar-refractivity contribution in [3.63, 3.8) is 0 Å². The summed E-state index contributed by atoms with van der Waals surface area (Å²) in [5.41, 5.74) is 3.63. The Morgan fingerprint density at radius 1 is 0.861 bits per heavy atom. The van der Waals surface area contributed by atoms with Gasteiger partial charge in [-0.25, -0.2) is 0 Å². The van der Waals surface area contributed by atoms with Crippen LogP contribution in [-0.4, -0.2) is 18.9 Å². The molecule has 7 heteroatoms. The summed E-state index contributed by atoms with van der Waals surface area (Å²) >= 11 is 7.56.